The van der Waals surface area contributed by atoms with Gasteiger partial charge in [-0.1, -0.05) is 57.5 Å². The summed E-state index contributed by atoms with van der Waals surface area (Å²) in [6.45, 7) is 0. The summed E-state index contributed by atoms with van der Waals surface area (Å²) in [5.41, 5.74) is 4.64. The zero-order chi connectivity index (χ0) is 24.1. The van der Waals surface area contributed by atoms with E-state index < -0.39 is 0 Å². The Labute approximate surface area is 221 Å². The Balaban J connectivity index is 1.50. The second kappa shape index (κ2) is 11.2. The Morgan fingerprint density at radius 2 is 1.85 bits per heavy atom. The van der Waals surface area contributed by atoms with E-state index in [1.807, 2.05) is 47.0 Å². The molecule has 0 radical (unpaired) electrons. The molecule has 4 rings (SSSR count). The van der Waals surface area contributed by atoms with Crippen LogP contribution in [0.25, 0.3) is 17.1 Å². The number of phenolic OH excluding ortho intramolecular Hbond substituents is 1. The second-order valence-corrected chi connectivity index (χ2v) is 10.0. The van der Waals surface area contributed by atoms with Gasteiger partial charge in [0.1, 0.15) is 5.75 Å². The van der Waals surface area contributed by atoms with Crippen molar-refractivity contribution in [2.75, 3.05) is 5.75 Å². The number of hydrazone groups is 1. The van der Waals surface area contributed by atoms with E-state index in [4.69, 9.17) is 11.6 Å². The molecular formula is C23H16Br2ClN5O2S. The standard InChI is InChI=1S/C23H16Br2ClN5O2S/c24-16-10-15(21(33)19(25)11-16)12-27-28-20(32)13-34-23-30-29-22(14-6-8-17(26)9-7-14)31(23)18-4-2-1-3-5-18/h1-12,33H,13H2,(H,28,32)/b27-12-. The number of benzene rings is 3. The first-order valence-electron chi connectivity index (χ1n) is 9.82. The fraction of sp³-hybridized carbons (Fsp3) is 0.0435. The Kier molecular flexibility index (Phi) is 8.04. The summed E-state index contributed by atoms with van der Waals surface area (Å²) in [4.78, 5) is 12.4. The van der Waals surface area contributed by atoms with Crippen LogP contribution in [0.5, 0.6) is 5.75 Å². The van der Waals surface area contributed by atoms with Crippen molar-refractivity contribution in [3.8, 4) is 22.8 Å². The van der Waals surface area contributed by atoms with Crippen LogP contribution in [0.2, 0.25) is 5.02 Å². The molecule has 0 fully saturated rings. The van der Waals surface area contributed by atoms with E-state index in [9.17, 15) is 9.90 Å². The van der Waals surface area contributed by atoms with Gasteiger partial charge in [-0.3, -0.25) is 9.36 Å². The summed E-state index contributed by atoms with van der Waals surface area (Å²) in [6, 6.07) is 20.4. The highest BCUT2D eigenvalue weighted by Gasteiger charge is 2.17. The highest BCUT2D eigenvalue weighted by Crippen LogP contribution is 2.31. The third-order valence-electron chi connectivity index (χ3n) is 4.53. The maximum absolute atomic E-state index is 12.4. The predicted octanol–water partition coefficient (Wildman–Crippen LogP) is 6.06. The van der Waals surface area contributed by atoms with Gasteiger partial charge in [0, 0.05) is 26.3 Å². The van der Waals surface area contributed by atoms with E-state index in [2.05, 4.69) is 52.6 Å². The summed E-state index contributed by atoms with van der Waals surface area (Å²) >= 11 is 13.9. The van der Waals surface area contributed by atoms with Gasteiger partial charge >= 0.3 is 0 Å². The summed E-state index contributed by atoms with van der Waals surface area (Å²) in [7, 11) is 0. The molecule has 34 heavy (non-hydrogen) atoms. The highest BCUT2D eigenvalue weighted by molar-refractivity contribution is 9.11. The number of carbonyl (C=O) groups is 1. The molecule has 3 aromatic carbocycles. The third kappa shape index (κ3) is 5.87. The molecule has 7 nitrogen and oxygen atoms in total. The third-order valence-corrected chi connectivity index (χ3v) is 6.78. The van der Waals surface area contributed by atoms with Gasteiger partial charge in [-0.15, -0.1) is 10.2 Å². The van der Waals surface area contributed by atoms with E-state index in [-0.39, 0.29) is 17.4 Å². The largest absolute Gasteiger partial charge is 0.506 e. The number of nitrogens with one attached hydrogen (secondary N) is 1. The topological polar surface area (TPSA) is 92.4 Å². The number of halogens is 3. The molecule has 1 amide bonds. The molecule has 2 N–H and O–H groups in total. The lowest BCUT2D eigenvalue weighted by atomic mass is 10.2. The van der Waals surface area contributed by atoms with Gasteiger partial charge in [0.25, 0.3) is 5.91 Å². The van der Waals surface area contributed by atoms with Crippen molar-refractivity contribution >= 4 is 67.3 Å². The number of rotatable bonds is 7. The van der Waals surface area contributed by atoms with Crippen LogP contribution in [-0.2, 0) is 4.79 Å². The molecule has 0 atom stereocenters. The second-order valence-electron chi connectivity index (χ2n) is 6.89. The first kappa shape index (κ1) is 24.5. The summed E-state index contributed by atoms with van der Waals surface area (Å²) in [5.74, 6) is 0.406. The molecule has 0 spiro atoms. The molecule has 172 valence electrons. The predicted molar refractivity (Wildman–Crippen MR) is 142 cm³/mol. The number of aromatic hydroxyl groups is 1. The molecule has 11 heteroatoms. The molecule has 0 aliphatic rings. The monoisotopic (exact) mass is 619 g/mol. The number of phenols is 1. The lowest BCUT2D eigenvalue weighted by molar-refractivity contribution is -0.118. The molecule has 0 saturated heterocycles. The van der Waals surface area contributed by atoms with Crippen LogP contribution in [0.4, 0.5) is 0 Å². The minimum atomic E-state index is -0.328. The normalized spacial score (nSPS) is 11.1. The van der Waals surface area contributed by atoms with Gasteiger partial charge < -0.3 is 5.11 Å². The Morgan fingerprint density at radius 1 is 1.12 bits per heavy atom. The van der Waals surface area contributed by atoms with Crippen LogP contribution in [0.15, 0.2) is 85.9 Å². The summed E-state index contributed by atoms with van der Waals surface area (Å²) < 4.78 is 3.17. The van der Waals surface area contributed by atoms with Gasteiger partial charge in [-0.2, -0.15) is 5.10 Å². The zero-order valence-corrected chi connectivity index (χ0v) is 22.1. The van der Waals surface area contributed by atoms with E-state index in [0.29, 0.717) is 26.0 Å². The maximum atomic E-state index is 12.4. The van der Waals surface area contributed by atoms with Crippen LogP contribution in [0.3, 0.4) is 0 Å². The number of aromatic nitrogens is 3. The number of para-hydroxylation sites is 1. The molecule has 0 saturated carbocycles. The summed E-state index contributed by atoms with van der Waals surface area (Å²) in [5, 5.41) is 23.9. The average molecular weight is 622 g/mol. The smallest absolute Gasteiger partial charge is 0.250 e. The quantitative estimate of drug-likeness (QED) is 0.149. The number of nitrogens with zero attached hydrogens (tertiary/aromatic N) is 4. The van der Waals surface area contributed by atoms with Crippen molar-refractivity contribution < 1.29 is 9.90 Å². The van der Waals surface area contributed by atoms with Gasteiger partial charge in [0.15, 0.2) is 11.0 Å². The summed E-state index contributed by atoms with van der Waals surface area (Å²) in [6.07, 6.45) is 1.37. The molecular weight excluding hydrogens is 606 g/mol. The van der Waals surface area contributed by atoms with Crippen molar-refractivity contribution in [2.24, 2.45) is 5.10 Å². The minimum Gasteiger partial charge on any atom is -0.506 e. The lowest BCUT2D eigenvalue weighted by Crippen LogP contribution is -2.20. The number of carbonyl (C=O) groups excluding carboxylic acids is 1. The number of hydrogen-bond acceptors (Lipinski definition) is 6. The lowest BCUT2D eigenvalue weighted by Gasteiger charge is -2.10. The van der Waals surface area contributed by atoms with E-state index in [1.54, 1.807) is 24.3 Å². The SMILES string of the molecule is O=C(CSc1nnc(-c2ccc(Cl)cc2)n1-c1ccccc1)N/N=C\c1cc(Br)cc(Br)c1O. The van der Waals surface area contributed by atoms with Crippen LogP contribution in [0, 0.1) is 0 Å². The fourth-order valence-electron chi connectivity index (χ4n) is 2.98. The van der Waals surface area contributed by atoms with Crippen molar-refractivity contribution in [3.05, 3.63) is 86.3 Å². The van der Waals surface area contributed by atoms with Gasteiger partial charge in [0.2, 0.25) is 0 Å². The van der Waals surface area contributed by atoms with Gasteiger partial charge in [-0.25, -0.2) is 5.43 Å². The van der Waals surface area contributed by atoms with E-state index in [1.165, 1.54) is 18.0 Å². The Hall–Kier alpha value is -2.66. The highest BCUT2D eigenvalue weighted by atomic mass is 79.9. The Bertz CT molecular complexity index is 1350. The van der Waals surface area contributed by atoms with Crippen molar-refractivity contribution in [3.63, 3.8) is 0 Å². The zero-order valence-electron chi connectivity index (χ0n) is 17.3. The average Bonchev–Trinajstić information content (AvgIpc) is 3.25. The van der Waals surface area contributed by atoms with Gasteiger partial charge in [0.05, 0.1) is 16.4 Å². The van der Waals surface area contributed by atoms with Crippen LogP contribution in [-0.4, -0.2) is 37.7 Å². The van der Waals surface area contributed by atoms with Gasteiger partial charge in [-0.05, 0) is 64.5 Å². The molecule has 0 aliphatic carbocycles. The van der Waals surface area contributed by atoms with E-state index >= 15 is 0 Å². The fourth-order valence-corrected chi connectivity index (χ4v) is 5.11. The first-order valence-corrected chi connectivity index (χ1v) is 12.8. The number of amides is 1. The molecule has 0 unspecified atom stereocenters. The number of thioether (sulfide) groups is 1. The minimum absolute atomic E-state index is 0.0289. The Morgan fingerprint density at radius 3 is 2.59 bits per heavy atom. The van der Waals surface area contributed by atoms with E-state index in [0.717, 1.165) is 15.7 Å². The van der Waals surface area contributed by atoms with Crippen molar-refractivity contribution in [1.82, 2.24) is 20.2 Å². The molecule has 4 aromatic rings. The van der Waals surface area contributed by atoms with Crippen LogP contribution in [0.1, 0.15) is 5.56 Å². The first-order chi connectivity index (χ1) is 16.4. The molecule has 0 bridgehead atoms. The number of hydrogen-bond donors (Lipinski definition) is 2. The van der Waals surface area contributed by atoms with Crippen molar-refractivity contribution in [2.45, 2.75) is 5.16 Å². The molecule has 1 aromatic heterocycles. The molecule has 1 heterocycles. The van der Waals surface area contributed by atoms with Crippen LogP contribution < -0.4 is 5.43 Å². The molecule has 0 aliphatic heterocycles. The van der Waals surface area contributed by atoms with Crippen LogP contribution >= 0.6 is 55.2 Å². The maximum Gasteiger partial charge on any atom is 0.250 e. The van der Waals surface area contributed by atoms with Crippen molar-refractivity contribution in [1.29, 1.82) is 0 Å².